The number of hydrogen-bond acceptors (Lipinski definition) is 5. The van der Waals surface area contributed by atoms with E-state index in [0.717, 1.165) is 24.6 Å². The van der Waals surface area contributed by atoms with E-state index in [4.69, 9.17) is 4.74 Å². The Morgan fingerprint density at radius 2 is 1.82 bits per heavy atom. The van der Waals surface area contributed by atoms with Gasteiger partial charge in [0.1, 0.15) is 5.75 Å². The molecule has 0 atom stereocenters. The molecule has 0 spiro atoms. The van der Waals surface area contributed by atoms with Crippen molar-refractivity contribution in [1.82, 2.24) is 14.8 Å². The molecule has 0 radical (unpaired) electrons. The molecule has 1 fully saturated rings. The molecule has 1 aromatic heterocycles. The van der Waals surface area contributed by atoms with Crippen molar-refractivity contribution in [2.45, 2.75) is 6.61 Å². The first-order valence-electron chi connectivity index (χ1n) is 6.92. The maximum Gasteiger partial charge on any atom is 0.387 e. The number of rotatable bonds is 4. The Labute approximate surface area is 126 Å². The molecule has 0 saturated carbocycles. The summed E-state index contributed by atoms with van der Waals surface area (Å²) < 4.78 is 35.8. The number of halogens is 2. The van der Waals surface area contributed by atoms with Crippen LogP contribution in [-0.2, 0) is 11.8 Å². The highest BCUT2D eigenvalue weighted by molar-refractivity contribution is 5.58. The SMILES string of the molecule is Cn1c(-c2ccc(OC(F)F)cc2)nnc1N1CCOCC1. The average molecular weight is 310 g/mol. The summed E-state index contributed by atoms with van der Waals surface area (Å²) in [4.78, 5) is 2.11. The third kappa shape index (κ3) is 3.01. The van der Waals surface area contributed by atoms with Crippen LogP contribution < -0.4 is 9.64 Å². The lowest BCUT2D eigenvalue weighted by Gasteiger charge is -2.27. The fourth-order valence-electron chi connectivity index (χ4n) is 2.40. The summed E-state index contributed by atoms with van der Waals surface area (Å²) >= 11 is 0. The van der Waals surface area contributed by atoms with Gasteiger partial charge in [0.25, 0.3) is 0 Å². The smallest absolute Gasteiger partial charge is 0.387 e. The Hall–Kier alpha value is -2.22. The van der Waals surface area contributed by atoms with Crippen molar-refractivity contribution in [3.8, 4) is 17.1 Å². The number of anilines is 1. The van der Waals surface area contributed by atoms with E-state index in [2.05, 4.69) is 19.8 Å². The highest BCUT2D eigenvalue weighted by Gasteiger charge is 2.19. The van der Waals surface area contributed by atoms with E-state index in [0.29, 0.717) is 19.0 Å². The third-order valence-corrected chi connectivity index (χ3v) is 3.48. The van der Waals surface area contributed by atoms with Crippen LogP contribution in [0.15, 0.2) is 24.3 Å². The van der Waals surface area contributed by atoms with Gasteiger partial charge in [0.2, 0.25) is 5.95 Å². The summed E-state index contributed by atoms with van der Waals surface area (Å²) in [5.74, 6) is 1.56. The number of benzene rings is 1. The molecule has 22 heavy (non-hydrogen) atoms. The fraction of sp³-hybridized carbons (Fsp3) is 0.429. The molecule has 0 unspecified atom stereocenters. The van der Waals surface area contributed by atoms with Gasteiger partial charge in [-0.25, -0.2) is 0 Å². The average Bonchev–Trinajstić information content (AvgIpc) is 2.90. The Morgan fingerprint density at radius 3 is 2.45 bits per heavy atom. The Kier molecular flexibility index (Phi) is 4.19. The minimum absolute atomic E-state index is 0.120. The van der Waals surface area contributed by atoms with Crippen LogP contribution in [-0.4, -0.2) is 47.7 Å². The highest BCUT2D eigenvalue weighted by atomic mass is 19.3. The van der Waals surface area contributed by atoms with Gasteiger partial charge in [-0.2, -0.15) is 8.78 Å². The molecule has 1 aliphatic heterocycles. The number of alkyl halides is 2. The van der Waals surface area contributed by atoms with E-state index in [1.807, 2.05) is 11.6 Å². The van der Waals surface area contributed by atoms with Gasteiger partial charge in [-0.05, 0) is 24.3 Å². The van der Waals surface area contributed by atoms with Crippen molar-refractivity contribution in [3.63, 3.8) is 0 Å². The van der Waals surface area contributed by atoms with E-state index in [1.54, 1.807) is 12.1 Å². The van der Waals surface area contributed by atoms with Gasteiger partial charge in [0.15, 0.2) is 5.82 Å². The predicted molar refractivity (Wildman–Crippen MR) is 76.1 cm³/mol. The molecule has 6 nitrogen and oxygen atoms in total. The van der Waals surface area contributed by atoms with Crippen LogP contribution in [0.4, 0.5) is 14.7 Å². The Bertz CT molecular complexity index is 624. The van der Waals surface area contributed by atoms with Crippen molar-refractivity contribution in [3.05, 3.63) is 24.3 Å². The molecule has 0 aliphatic carbocycles. The first-order chi connectivity index (χ1) is 10.6. The summed E-state index contributed by atoms with van der Waals surface area (Å²) in [7, 11) is 1.88. The van der Waals surface area contributed by atoms with Gasteiger partial charge in [-0.15, -0.1) is 10.2 Å². The summed E-state index contributed by atoms with van der Waals surface area (Å²) in [6.45, 7) is 0.0536. The lowest BCUT2D eigenvalue weighted by atomic mass is 10.2. The van der Waals surface area contributed by atoms with E-state index in [1.165, 1.54) is 12.1 Å². The monoisotopic (exact) mass is 310 g/mol. The molecule has 2 aromatic rings. The van der Waals surface area contributed by atoms with E-state index < -0.39 is 6.61 Å². The number of ether oxygens (including phenoxy) is 2. The Morgan fingerprint density at radius 1 is 1.14 bits per heavy atom. The van der Waals surface area contributed by atoms with E-state index in [9.17, 15) is 8.78 Å². The second-order valence-corrected chi connectivity index (χ2v) is 4.88. The van der Waals surface area contributed by atoms with Gasteiger partial charge in [-0.1, -0.05) is 0 Å². The zero-order chi connectivity index (χ0) is 15.5. The molecule has 0 N–H and O–H groups in total. The molecule has 0 amide bonds. The van der Waals surface area contributed by atoms with Gasteiger partial charge in [-0.3, -0.25) is 4.57 Å². The lowest BCUT2D eigenvalue weighted by molar-refractivity contribution is -0.0498. The maximum atomic E-state index is 12.2. The lowest BCUT2D eigenvalue weighted by Crippen LogP contribution is -2.37. The molecule has 118 valence electrons. The van der Waals surface area contributed by atoms with Crippen LogP contribution in [0.25, 0.3) is 11.4 Å². The predicted octanol–water partition coefficient (Wildman–Crippen LogP) is 1.92. The normalized spacial score (nSPS) is 15.4. The largest absolute Gasteiger partial charge is 0.435 e. The minimum atomic E-state index is -2.83. The van der Waals surface area contributed by atoms with E-state index >= 15 is 0 Å². The van der Waals surface area contributed by atoms with Crippen molar-refractivity contribution >= 4 is 5.95 Å². The first kappa shape index (κ1) is 14.7. The first-order valence-corrected chi connectivity index (χ1v) is 6.92. The van der Waals surface area contributed by atoms with Crippen LogP contribution in [0.2, 0.25) is 0 Å². The van der Waals surface area contributed by atoms with Gasteiger partial charge < -0.3 is 14.4 Å². The van der Waals surface area contributed by atoms with Crippen molar-refractivity contribution in [2.75, 3.05) is 31.2 Å². The van der Waals surface area contributed by atoms with Crippen molar-refractivity contribution < 1.29 is 18.3 Å². The van der Waals surface area contributed by atoms with Gasteiger partial charge in [0, 0.05) is 25.7 Å². The quantitative estimate of drug-likeness (QED) is 0.863. The van der Waals surface area contributed by atoms with Gasteiger partial charge in [0.05, 0.1) is 13.2 Å². The standard InChI is InChI=1S/C14H16F2N4O2/c1-19-12(10-2-4-11(5-3-10)22-13(15)16)17-18-14(19)20-6-8-21-9-7-20/h2-5,13H,6-9H2,1H3. The summed E-state index contributed by atoms with van der Waals surface area (Å²) in [6.07, 6.45) is 0. The number of aromatic nitrogens is 3. The molecule has 3 rings (SSSR count). The summed E-state index contributed by atoms with van der Waals surface area (Å²) in [6, 6.07) is 6.35. The van der Waals surface area contributed by atoms with Crippen LogP contribution in [0.1, 0.15) is 0 Å². The van der Waals surface area contributed by atoms with Gasteiger partial charge >= 0.3 is 6.61 Å². The molecule has 0 bridgehead atoms. The Balaban J connectivity index is 1.81. The van der Waals surface area contributed by atoms with Crippen LogP contribution in [0.3, 0.4) is 0 Å². The fourth-order valence-corrected chi connectivity index (χ4v) is 2.40. The molecule has 1 aliphatic rings. The van der Waals surface area contributed by atoms with Crippen LogP contribution >= 0.6 is 0 Å². The highest BCUT2D eigenvalue weighted by Crippen LogP contribution is 2.24. The molecule has 2 heterocycles. The van der Waals surface area contributed by atoms with Crippen molar-refractivity contribution in [2.24, 2.45) is 7.05 Å². The van der Waals surface area contributed by atoms with Crippen LogP contribution in [0.5, 0.6) is 5.75 Å². The molecular formula is C14H16F2N4O2. The molecule has 1 aromatic carbocycles. The summed E-state index contributed by atoms with van der Waals surface area (Å²) in [5, 5.41) is 8.41. The zero-order valence-electron chi connectivity index (χ0n) is 12.1. The third-order valence-electron chi connectivity index (χ3n) is 3.48. The molecular weight excluding hydrogens is 294 g/mol. The second kappa shape index (κ2) is 6.27. The number of hydrogen-bond donors (Lipinski definition) is 0. The second-order valence-electron chi connectivity index (χ2n) is 4.88. The maximum absolute atomic E-state index is 12.2. The summed E-state index contributed by atoms with van der Waals surface area (Å²) in [5.41, 5.74) is 0.788. The minimum Gasteiger partial charge on any atom is -0.435 e. The number of morpholine rings is 1. The molecule has 8 heteroatoms. The topological polar surface area (TPSA) is 52.4 Å². The van der Waals surface area contributed by atoms with Crippen molar-refractivity contribution in [1.29, 1.82) is 0 Å². The molecule has 1 saturated heterocycles. The van der Waals surface area contributed by atoms with E-state index in [-0.39, 0.29) is 5.75 Å². The number of nitrogens with zero attached hydrogens (tertiary/aromatic N) is 4. The zero-order valence-corrected chi connectivity index (χ0v) is 12.1. The van der Waals surface area contributed by atoms with Crippen LogP contribution in [0, 0.1) is 0 Å².